The van der Waals surface area contributed by atoms with Crippen LogP contribution in [0.4, 0.5) is 0 Å². The van der Waals surface area contributed by atoms with E-state index in [1.54, 1.807) is 13.3 Å². The molecule has 18 heavy (non-hydrogen) atoms. The number of aromatic nitrogens is 1. The standard InChI is InChI=1S/C15H18N2O/c1-3-14(16)13-6-4-5-11(9-13)12-7-8-17-15(10-12)18-2/h4-10,14H,3,16H2,1-2H3. The zero-order chi connectivity index (χ0) is 13.0. The molecule has 0 radical (unpaired) electrons. The highest BCUT2D eigenvalue weighted by atomic mass is 16.5. The average molecular weight is 242 g/mol. The Bertz CT molecular complexity index is 525. The van der Waals surface area contributed by atoms with Crippen molar-refractivity contribution in [1.82, 2.24) is 4.98 Å². The van der Waals surface area contributed by atoms with Gasteiger partial charge < -0.3 is 10.5 Å². The van der Waals surface area contributed by atoms with Crippen molar-refractivity contribution in [1.29, 1.82) is 0 Å². The second-order valence-corrected chi connectivity index (χ2v) is 4.23. The van der Waals surface area contributed by atoms with Gasteiger partial charge in [0, 0.05) is 18.3 Å². The third-order valence-electron chi connectivity index (χ3n) is 3.03. The number of benzene rings is 1. The molecule has 3 heteroatoms. The molecule has 0 aliphatic heterocycles. The van der Waals surface area contributed by atoms with E-state index in [1.807, 2.05) is 18.2 Å². The summed E-state index contributed by atoms with van der Waals surface area (Å²) in [4.78, 5) is 4.11. The van der Waals surface area contributed by atoms with E-state index in [1.165, 1.54) is 0 Å². The van der Waals surface area contributed by atoms with Gasteiger partial charge in [-0.15, -0.1) is 0 Å². The molecule has 3 nitrogen and oxygen atoms in total. The molecular formula is C15H18N2O. The smallest absolute Gasteiger partial charge is 0.213 e. The Labute approximate surface area is 108 Å². The van der Waals surface area contributed by atoms with E-state index in [4.69, 9.17) is 10.5 Å². The summed E-state index contributed by atoms with van der Waals surface area (Å²) in [7, 11) is 1.62. The Balaban J connectivity index is 2.38. The molecule has 1 heterocycles. The van der Waals surface area contributed by atoms with E-state index < -0.39 is 0 Å². The molecule has 2 rings (SSSR count). The summed E-state index contributed by atoms with van der Waals surface area (Å²) in [6, 6.07) is 12.3. The molecule has 2 aromatic rings. The number of hydrogen-bond acceptors (Lipinski definition) is 3. The summed E-state index contributed by atoms with van der Waals surface area (Å²) >= 11 is 0. The minimum Gasteiger partial charge on any atom is -0.481 e. The summed E-state index contributed by atoms with van der Waals surface area (Å²) in [5.41, 5.74) is 9.44. The summed E-state index contributed by atoms with van der Waals surface area (Å²) in [6.45, 7) is 2.09. The third-order valence-corrected chi connectivity index (χ3v) is 3.03. The van der Waals surface area contributed by atoms with Gasteiger partial charge in [-0.2, -0.15) is 0 Å². The summed E-state index contributed by atoms with van der Waals surface area (Å²) < 4.78 is 5.14. The van der Waals surface area contributed by atoms with Gasteiger partial charge in [0.2, 0.25) is 5.88 Å². The largest absolute Gasteiger partial charge is 0.481 e. The van der Waals surface area contributed by atoms with Gasteiger partial charge in [-0.1, -0.05) is 25.1 Å². The van der Waals surface area contributed by atoms with Gasteiger partial charge >= 0.3 is 0 Å². The SMILES string of the molecule is CCC(N)c1cccc(-c2ccnc(OC)c2)c1. The fraction of sp³-hybridized carbons (Fsp3) is 0.267. The molecule has 0 aliphatic carbocycles. The third kappa shape index (κ3) is 2.68. The molecule has 0 amide bonds. The van der Waals surface area contributed by atoms with Gasteiger partial charge in [0.05, 0.1) is 7.11 Å². The average Bonchev–Trinajstić information content (AvgIpc) is 2.46. The number of hydrogen-bond donors (Lipinski definition) is 1. The molecular weight excluding hydrogens is 224 g/mol. The first-order chi connectivity index (χ1) is 8.74. The van der Waals surface area contributed by atoms with E-state index in [0.717, 1.165) is 23.1 Å². The van der Waals surface area contributed by atoms with E-state index in [-0.39, 0.29) is 6.04 Å². The number of nitrogens with zero attached hydrogens (tertiary/aromatic N) is 1. The molecule has 0 saturated heterocycles. The van der Waals surface area contributed by atoms with Crippen LogP contribution in [-0.4, -0.2) is 12.1 Å². The van der Waals surface area contributed by atoms with E-state index >= 15 is 0 Å². The Kier molecular flexibility index (Phi) is 3.95. The van der Waals surface area contributed by atoms with Crippen molar-refractivity contribution in [3.05, 3.63) is 48.2 Å². The first kappa shape index (κ1) is 12.6. The molecule has 1 unspecified atom stereocenters. The van der Waals surface area contributed by atoms with Crippen molar-refractivity contribution in [2.45, 2.75) is 19.4 Å². The Morgan fingerprint density at radius 1 is 1.22 bits per heavy atom. The van der Waals surface area contributed by atoms with Crippen molar-refractivity contribution >= 4 is 0 Å². The van der Waals surface area contributed by atoms with Crippen LogP contribution in [0.2, 0.25) is 0 Å². The van der Waals surface area contributed by atoms with Gasteiger partial charge in [-0.3, -0.25) is 0 Å². The van der Waals surface area contributed by atoms with Crippen molar-refractivity contribution in [2.75, 3.05) is 7.11 Å². The number of nitrogens with two attached hydrogens (primary N) is 1. The van der Waals surface area contributed by atoms with Crippen molar-refractivity contribution < 1.29 is 4.74 Å². The molecule has 1 aromatic heterocycles. The lowest BCUT2D eigenvalue weighted by Gasteiger charge is -2.11. The van der Waals surface area contributed by atoms with Crippen LogP contribution in [0.15, 0.2) is 42.6 Å². The topological polar surface area (TPSA) is 48.1 Å². The number of pyridine rings is 1. The van der Waals surface area contributed by atoms with Crippen LogP contribution >= 0.6 is 0 Å². The van der Waals surface area contributed by atoms with Gasteiger partial charge in [-0.25, -0.2) is 4.98 Å². The minimum atomic E-state index is 0.0914. The van der Waals surface area contributed by atoms with Crippen LogP contribution in [0.5, 0.6) is 5.88 Å². The quantitative estimate of drug-likeness (QED) is 0.895. The van der Waals surface area contributed by atoms with Gasteiger partial charge in [0.15, 0.2) is 0 Å². The Hall–Kier alpha value is -1.87. The van der Waals surface area contributed by atoms with Crippen LogP contribution in [0, 0.1) is 0 Å². The van der Waals surface area contributed by atoms with E-state index in [9.17, 15) is 0 Å². The lowest BCUT2D eigenvalue weighted by atomic mass is 9.99. The lowest BCUT2D eigenvalue weighted by Crippen LogP contribution is -2.08. The molecule has 0 aliphatic rings. The zero-order valence-electron chi connectivity index (χ0n) is 10.8. The number of methoxy groups -OCH3 is 1. The molecule has 0 spiro atoms. The molecule has 2 N–H and O–H groups in total. The van der Waals surface area contributed by atoms with Crippen LogP contribution < -0.4 is 10.5 Å². The Morgan fingerprint density at radius 3 is 2.72 bits per heavy atom. The maximum absolute atomic E-state index is 6.06. The minimum absolute atomic E-state index is 0.0914. The van der Waals surface area contributed by atoms with Crippen LogP contribution in [-0.2, 0) is 0 Å². The highest BCUT2D eigenvalue weighted by molar-refractivity contribution is 5.65. The number of ether oxygens (including phenoxy) is 1. The van der Waals surface area contributed by atoms with Crippen LogP contribution in [0.25, 0.3) is 11.1 Å². The van der Waals surface area contributed by atoms with Crippen LogP contribution in [0.1, 0.15) is 24.9 Å². The van der Waals surface area contributed by atoms with Gasteiger partial charge in [0.1, 0.15) is 0 Å². The molecule has 94 valence electrons. The molecule has 1 atom stereocenters. The predicted octanol–water partition coefficient (Wildman–Crippen LogP) is 3.17. The lowest BCUT2D eigenvalue weighted by molar-refractivity contribution is 0.398. The number of rotatable bonds is 4. The highest BCUT2D eigenvalue weighted by Gasteiger charge is 2.06. The van der Waals surface area contributed by atoms with Gasteiger partial charge in [0.25, 0.3) is 0 Å². The monoisotopic (exact) mass is 242 g/mol. The molecule has 0 fully saturated rings. The molecule has 0 saturated carbocycles. The van der Waals surface area contributed by atoms with E-state index in [2.05, 4.69) is 30.1 Å². The van der Waals surface area contributed by atoms with Crippen molar-refractivity contribution in [2.24, 2.45) is 5.73 Å². The van der Waals surface area contributed by atoms with E-state index in [0.29, 0.717) is 5.88 Å². The summed E-state index contributed by atoms with van der Waals surface area (Å²) in [6.07, 6.45) is 2.68. The highest BCUT2D eigenvalue weighted by Crippen LogP contribution is 2.25. The Morgan fingerprint density at radius 2 is 2.00 bits per heavy atom. The summed E-state index contributed by atoms with van der Waals surface area (Å²) in [5, 5.41) is 0. The first-order valence-corrected chi connectivity index (χ1v) is 6.10. The fourth-order valence-electron chi connectivity index (χ4n) is 1.89. The normalized spacial score (nSPS) is 12.2. The second-order valence-electron chi connectivity index (χ2n) is 4.23. The second kappa shape index (κ2) is 5.65. The maximum atomic E-state index is 6.06. The van der Waals surface area contributed by atoms with Crippen molar-refractivity contribution in [3.63, 3.8) is 0 Å². The van der Waals surface area contributed by atoms with Gasteiger partial charge in [-0.05, 0) is 35.2 Å². The van der Waals surface area contributed by atoms with Crippen molar-refractivity contribution in [3.8, 4) is 17.0 Å². The van der Waals surface area contributed by atoms with Crippen LogP contribution in [0.3, 0.4) is 0 Å². The zero-order valence-corrected chi connectivity index (χ0v) is 10.8. The molecule has 0 bridgehead atoms. The predicted molar refractivity (Wildman–Crippen MR) is 73.4 cm³/mol. The molecule has 1 aromatic carbocycles. The maximum Gasteiger partial charge on any atom is 0.213 e. The first-order valence-electron chi connectivity index (χ1n) is 6.10. The summed E-state index contributed by atoms with van der Waals surface area (Å²) in [5.74, 6) is 0.623. The fourth-order valence-corrected chi connectivity index (χ4v) is 1.89.